The van der Waals surface area contributed by atoms with Crippen molar-refractivity contribution in [1.82, 2.24) is 4.90 Å². The maximum Gasteiger partial charge on any atom is 0.224 e. The van der Waals surface area contributed by atoms with Gasteiger partial charge in [-0.2, -0.15) is 0 Å². The molecule has 1 rings (SSSR count). The van der Waals surface area contributed by atoms with Crippen molar-refractivity contribution in [3.8, 4) is 0 Å². The second kappa shape index (κ2) is 5.83. The number of hydrogen-bond acceptors (Lipinski definition) is 3. The van der Waals surface area contributed by atoms with Crippen LogP contribution in [0.15, 0.2) is 0 Å². The highest BCUT2D eigenvalue weighted by atomic mass is 16.5. The zero-order chi connectivity index (χ0) is 13.1. The summed E-state index contributed by atoms with van der Waals surface area (Å²) in [6.07, 6.45) is 1.48. The van der Waals surface area contributed by atoms with E-state index in [1.807, 2.05) is 11.8 Å². The average molecular weight is 242 g/mol. The maximum atomic E-state index is 12.1. The van der Waals surface area contributed by atoms with Crippen LogP contribution in [0, 0.1) is 5.41 Å². The van der Waals surface area contributed by atoms with Crippen molar-refractivity contribution in [2.75, 3.05) is 19.7 Å². The van der Waals surface area contributed by atoms with E-state index >= 15 is 0 Å². The summed E-state index contributed by atoms with van der Waals surface area (Å²) in [5, 5.41) is 0. The van der Waals surface area contributed by atoms with Crippen molar-refractivity contribution in [3.05, 3.63) is 0 Å². The molecule has 1 fully saturated rings. The highest BCUT2D eigenvalue weighted by Gasteiger charge is 2.27. The minimum Gasteiger partial charge on any atom is -0.377 e. The molecule has 1 aliphatic rings. The molecule has 17 heavy (non-hydrogen) atoms. The van der Waals surface area contributed by atoms with E-state index in [1.54, 1.807) is 0 Å². The van der Waals surface area contributed by atoms with Gasteiger partial charge in [0.1, 0.15) is 0 Å². The van der Waals surface area contributed by atoms with Crippen LogP contribution in [0.5, 0.6) is 0 Å². The predicted molar refractivity (Wildman–Crippen MR) is 68.7 cm³/mol. The highest BCUT2D eigenvalue weighted by molar-refractivity contribution is 5.77. The average Bonchev–Trinajstić information content (AvgIpc) is 2.41. The topological polar surface area (TPSA) is 55.6 Å². The van der Waals surface area contributed by atoms with E-state index in [4.69, 9.17) is 10.5 Å². The largest absolute Gasteiger partial charge is 0.377 e. The molecule has 0 radical (unpaired) electrons. The molecular formula is C13H26N2O2. The molecule has 1 amide bonds. The molecule has 0 aromatic carbocycles. The molecule has 100 valence electrons. The van der Waals surface area contributed by atoms with Gasteiger partial charge in [0.25, 0.3) is 0 Å². The normalized spacial score (nSPS) is 24.3. The number of hydrogen-bond donors (Lipinski definition) is 1. The third-order valence-electron chi connectivity index (χ3n) is 3.31. The van der Waals surface area contributed by atoms with Gasteiger partial charge in [-0.05, 0) is 18.8 Å². The highest BCUT2D eigenvalue weighted by Crippen LogP contribution is 2.20. The first-order valence-electron chi connectivity index (χ1n) is 6.45. The Morgan fingerprint density at radius 1 is 1.53 bits per heavy atom. The van der Waals surface area contributed by atoms with Crippen molar-refractivity contribution < 1.29 is 9.53 Å². The Morgan fingerprint density at radius 3 is 2.76 bits per heavy atom. The van der Waals surface area contributed by atoms with Gasteiger partial charge < -0.3 is 15.4 Å². The first-order valence-corrected chi connectivity index (χ1v) is 6.45. The Kier molecular flexibility index (Phi) is 4.95. The fraction of sp³-hybridized carbons (Fsp3) is 0.923. The summed E-state index contributed by atoms with van der Waals surface area (Å²) < 4.78 is 5.53. The van der Waals surface area contributed by atoms with E-state index in [1.165, 1.54) is 0 Å². The Bertz CT molecular complexity index is 261. The van der Waals surface area contributed by atoms with Crippen LogP contribution in [-0.2, 0) is 9.53 Å². The summed E-state index contributed by atoms with van der Waals surface area (Å²) in [5.74, 6) is 0.157. The van der Waals surface area contributed by atoms with Crippen molar-refractivity contribution in [2.24, 2.45) is 11.1 Å². The second-order valence-electron chi connectivity index (χ2n) is 6.05. The zero-order valence-electron chi connectivity index (χ0n) is 11.5. The van der Waals surface area contributed by atoms with Crippen molar-refractivity contribution in [1.29, 1.82) is 0 Å². The van der Waals surface area contributed by atoms with Gasteiger partial charge in [0.15, 0.2) is 0 Å². The van der Waals surface area contributed by atoms with Crippen molar-refractivity contribution in [3.63, 3.8) is 0 Å². The fourth-order valence-electron chi connectivity index (χ4n) is 1.84. The molecule has 0 aliphatic carbocycles. The molecule has 0 spiro atoms. The van der Waals surface area contributed by atoms with E-state index in [0.717, 1.165) is 19.6 Å². The molecule has 0 saturated carbocycles. The number of carbonyl (C=O) groups excluding carboxylic acids is 1. The molecule has 0 aromatic rings. The lowest BCUT2D eigenvalue weighted by Gasteiger charge is -2.29. The van der Waals surface area contributed by atoms with Crippen LogP contribution in [0.1, 0.15) is 40.5 Å². The van der Waals surface area contributed by atoms with E-state index in [-0.39, 0.29) is 23.5 Å². The lowest BCUT2D eigenvalue weighted by atomic mass is 9.85. The van der Waals surface area contributed by atoms with Gasteiger partial charge >= 0.3 is 0 Å². The van der Waals surface area contributed by atoms with Gasteiger partial charge in [0.05, 0.1) is 6.10 Å². The molecule has 1 heterocycles. The van der Waals surface area contributed by atoms with E-state index < -0.39 is 0 Å². The Labute approximate surface area is 104 Å². The van der Waals surface area contributed by atoms with Crippen LogP contribution in [0.25, 0.3) is 0 Å². The molecule has 1 aliphatic heterocycles. The third-order valence-corrected chi connectivity index (χ3v) is 3.31. The van der Waals surface area contributed by atoms with Crippen LogP contribution in [0.3, 0.4) is 0 Å². The summed E-state index contributed by atoms with van der Waals surface area (Å²) in [5.41, 5.74) is 6.03. The SMILES string of the molecule is CC1CN(C(=O)CC(N)C(C)(C)C)CCCO1. The smallest absolute Gasteiger partial charge is 0.224 e. The lowest BCUT2D eigenvalue weighted by Crippen LogP contribution is -2.43. The Morgan fingerprint density at radius 2 is 2.18 bits per heavy atom. The van der Waals surface area contributed by atoms with Gasteiger partial charge in [0.2, 0.25) is 5.91 Å². The quantitative estimate of drug-likeness (QED) is 0.796. The van der Waals surface area contributed by atoms with Crippen molar-refractivity contribution >= 4 is 5.91 Å². The van der Waals surface area contributed by atoms with Crippen LogP contribution in [0.2, 0.25) is 0 Å². The molecule has 2 N–H and O–H groups in total. The summed E-state index contributed by atoms with van der Waals surface area (Å²) >= 11 is 0. The minimum absolute atomic E-state index is 0.0242. The number of rotatable bonds is 2. The number of carbonyl (C=O) groups is 1. The van der Waals surface area contributed by atoms with Gasteiger partial charge in [-0.25, -0.2) is 0 Å². The molecule has 4 nitrogen and oxygen atoms in total. The summed E-state index contributed by atoms with van der Waals surface area (Å²) in [4.78, 5) is 14.0. The van der Waals surface area contributed by atoms with Crippen molar-refractivity contribution in [2.45, 2.75) is 52.7 Å². The van der Waals surface area contributed by atoms with Gasteiger partial charge in [-0.15, -0.1) is 0 Å². The number of nitrogens with two attached hydrogens (primary N) is 1. The molecule has 2 atom stereocenters. The van der Waals surface area contributed by atoms with E-state index in [2.05, 4.69) is 20.8 Å². The molecule has 0 bridgehead atoms. The summed E-state index contributed by atoms with van der Waals surface area (Å²) in [6.45, 7) is 10.4. The molecule has 2 unspecified atom stereocenters. The van der Waals surface area contributed by atoms with Crippen LogP contribution < -0.4 is 5.73 Å². The standard InChI is InChI=1S/C13H26N2O2/c1-10-9-15(6-5-7-17-10)12(16)8-11(14)13(2,3)4/h10-11H,5-9,14H2,1-4H3. The van der Waals surface area contributed by atoms with E-state index in [9.17, 15) is 4.79 Å². The molecule has 0 aromatic heterocycles. The number of nitrogens with zero attached hydrogens (tertiary/aromatic N) is 1. The lowest BCUT2D eigenvalue weighted by molar-refractivity contribution is -0.132. The van der Waals surface area contributed by atoms with E-state index in [0.29, 0.717) is 13.0 Å². The second-order valence-corrected chi connectivity index (χ2v) is 6.05. The Hall–Kier alpha value is -0.610. The first-order chi connectivity index (χ1) is 7.80. The summed E-state index contributed by atoms with van der Waals surface area (Å²) in [7, 11) is 0. The fourth-order valence-corrected chi connectivity index (χ4v) is 1.84. The minimum atomic E-state index is -0.0884. The number of ether oxygens (including phenoxy) is 1. The molecule has 4 heteroatoms. The van der Waals surface area contributed by atoms with Gasteiger partial charge in [0, 0.05) is 32.2 Å². The third kappa shape index (κ3) is 4.64. The first kappa shape index (κ1) is 14.5. The van der Waals surface area contributed by atoms with Crippen LogP contribution >= 0.6 is 0 Å². The zero-order valence-corrected chi connectivity index (χ0v) is 11.5. The van der Waals surface area contributed by atoms with Gasteiger partial charge in [-0.1, -0.05) is 20.8 Å². The molecular weight excluding hydrogens is 216 g/mol. The number of amides is 1. The Balaban J connectivity index is 2.51. The van der Waals surface area contributed by atoms with Crippen LogP contribution in [-0.4, -0.2) is 42.6 Å². The summed E-state index contributed by atoms with van der Waals surface area (Å²) in [6, 6.07) is -0.0884. The molecule has 1 saturated heterocycles. The monoisotopic (exact) mass is 242 g/mol. The maximum absolute atomic E-state index is 12.1. The van der Waals surface area contributed by atoms with Crippen LogP contribution in [0.4, 0.5) is 0 Å². The van der Waals surface area contributed by atoms with Gasteiger partial charge in [-0.3, -0.25) is 4.79 Å². The predicted octanol–water partition coefficient (Wildman–Crippen LogP) is 1.39.